The van der Waals surface area contributed by atoms with Gasteiger partial charge in [0.1, 0.15) is 5.82 Å². The zero-order valence-electron chi connectivity index (χ0n) is 9.19. The lowest BCUT2D eigenvalue weighted by atomic mass is 10.3. The van der Waals surface area contributed by atoms with E-state index in [1.54, 1.807) is 0 Å². The van der Waals surface area contributed by atoms with Crippen molar-refractivity contribution in [2.24, 2.45) is 0 Å². The SMILES string of the molecule is Nc1cc(F)cc(S(=O)(=O)NCCCCO)c1. The number of hydrogen-bond acceptors (Lipinski definition) is 4. The summed E-state index contributed by atoms with van der Waals surface area (Å²) >= 11 is 0. The van der Waals surface area contributed by atoms with E-state index in [0.29, 0.717) is 12.8 Å². The number of sulfonamides is 1. The lowest BCUT2D eigenvalue weighted by Crippen LogP contribution is -2.25. The third kappa shape index (κ3) is 4.29. The largest absolute Gasteiger partial charge is 0.399 e. The van der Waals surface area contributed by atoms with Gasteiger partial charge in [0.25, 0.3) is 0 Å². The van der Waals surface area contributed by atoms with E-state index in [1.807, 2.05) is 0 Å². The van der Waals surface area contributed by atoms with Gasteiger partial charge < -0.3 is 10.8 Å². The Morgan fingerprint density at radius 1 is 1.29 bits per heavy atom. The number of aliphatic hydroxyl groups excluding tert-OH is 1. The molecule has 1 rings (SSSR count). The molecule has 0 unspecified atom stereocenters. The fourth-order valence-corrected chi connectivity index (χ4v) is 2.40. The fourth-order valence-electron chi connectivity index (χ4n) is 1.27. The predicted molar refractivity (Wildman–Crippen MR) is 62.3 cm³/mol. The number of nitrogens with one attached hydrogen (secondary N) is 1. The van der Waals surface area contributed by atoms with Crippen LogP contribution in [0.3, 0.4) is 0 Å². The molecule has 0 aliphatic rings. The Labute approximate surface area is 99.5 Å². The maximum atomic E-state index is 13.0. The zero-order chi connectivity index (χ0) is 12.9. The Balaban J connectivity index is 2.75. The van der Waals surface area contributed by atoms with Gasteiger partial charge in [-0.3, -0.25) is 0 Å². The summed E-state index contributed by atoms with van der Waals surface area (Å²) in [7, 11) is -3.74. The number of aliphatic hydroxyl groups is 1. The van der Waals surface area contributed by atoms with Gasteiger partial charge in [0, 0.05) is 18.8 Å². The first-order valence-corrected chi connectivity index (χ1v) is 6.60. The molecule has 0 aliphatic carbocycles. The molecule has 7 heteroatoms. The molecule has 0 amide bonds. The van der Waals surface area contributed by atoms with E-state index in [2.05, 4.69) is 4.72 Å². The molecule has 0 saturated heterocycles. The van der Waals surface area contributed by atoms with E-state index in [-0.39, 0.29) is 23.7 Å². The average molecular weight is 262 g/mol. The standard InChI is InChI=1S/C10H15FN2O3S/c11-8-5-9(12)7-10(6-8)17(15,16)13-3-1-2-4-14/h5-7,13-14H,1-4,12H2. The first-order chi connectivity index (χ1) is 7.95. The number of anilines is 1. The van der Waals surface area contributed by atoms with Crippen LogP contribution in [0.25, 0.3) is 0 Å². The summed E-state index contributed by atoms with van der Waals surface area (Å²) in [6.07, 6.45) is 1.02. The maximum Gasteiger partial charge on any atom is 0.240 e. The summed E-state index contributed by atoms with van der Waals surface area (Å²) in [4.78, 5) is -0.195. The van der Waals surface area contributed by atoms with Gasteiger partial charge in [0.05, 0.1) is 4.90 Å². The van der Waals surface area contributed by atoms with Crippen LogP contribution in [0.4, 0.5) is 10.1 Å². The van der Waals surface area contributed by atoms with Crippen molar-refractivity contribution >= 4 is 15.7 Å². The molecule has 17 heavy (non-hydrogen) atoms. The minimum absolute atomic E-state index is 0.00857. The number of nitrogen functional groups attached to an aromatic ring is 1. The molecule has 1 aromatic rings. The highest BCUT2D eigenvalue weighted by molar-refractivity contribution is 7.89. The van der Waals surface area contributed by atoms with Crippen molar-refractivity contribution in [1.29, 1.82) is 0 Å². The Bertz CT molecular complexity index is 456. The van der Waals surface area contributed by atoms with Crippen LogP contribution >= 0.6 is 0 Å². The van der Waals surface area contributed by atoms with Crippen LogP contribution in [0.15, 0.2) is 23.1 Å². The van der Waals surface area contributed by atoms with Crippen LogP contribution in [0, 0.1) is 5.82 Å². The van der Waals surface area contributed by atoms with E-state index < -0.39 is 15.8 Å². The van der Waals surface area contributed by atoms with E-state index in [0.717, 1.165) is 12.1 Å². The monoisotopic (exact) mass is 262 g/mol. The summed E-state index contributed by atoms with van der Waals surface area (Å²) in [5.74, 6) is -0.694. The minimum atomic E-state index is -3.74. The summed E-state index contributed by atoms with van der Waals surface area (Å²) in [5.41, 5.74) is 5.42. The molecule has 0 fully saturated rings. The van der Waals surface area contributed by atoms with Gasteiger partial charge in [-0.1, -0.05) is 0 Å². The van der Waals surface area contributed by atoms with Crippen LogP contribution in [0.5, 0.6) is 0 Å². The number of nitrogens with two attached hydrogens (primary N) is 1. The van der Waals surface area contributed by atoms with Gasteiger partial charge in [-0.15, -0.1) is 0 Å². The highest BCUT2D eigenvalue weighted by Gasteiger charge is 2.14. The second-order valence-corrected chi connectivity index (χ2v) is 5.32. The van der Waals surface area contributed by atoms with Crippen LogP contribution in [0.2, 0.25) is 0 Å². The molecule has 0 saturated carbocycles. The van der Waals surface area contributed by atoms with E-state index >= 15 is 0 Å². The first kappa shape index (κ1) is 13.9. The van der Waals surface area contributed by atoms with Crippen LogP contribution < -0.4 is 10.5 Å². The quantitative estimate of drug-likeness (QED) is 0.513. The molecule has 1 aromatic carbocycles. The molecule has 0 aliphatic heterocycles. The van der Waals surface area contributed by atoms with Crippen molar-refractivity contribution in [2.75, 3.05) is 18.9 Å². The predicted octanol–water partition coefficient (Wildman–Crippen LogP) is 0.459. The number of rotatable bonds is 6. The van der Waals surface area contributed by atoms with E-state index in [9.17, 15) is 12.8 Å². The molecule has 96 valence electrons. The van der Waals surface area contributed by atoms with Crippen molar-refractivity contribution in [3.05, 3.63) is 24.0 Å². The van der Waals surface area contributed by atoms with Crippen molar-refractivity contribution in [2.45, 2.75) is 17.7 Å². The number of unbranched alkanes of at least 4 members (excludes halogenated alkanes) is 1. The average Bonchev–Trinajstić information content (AvgIpc) is 2.23. The fraction of sp³-hybridized carbons (Fsp3) is 0.400. The number of benzene rings is 1. The van der Waals surface area contributed by atoms with Crippen molar-refractivity contribution in [1.82, 2.24) is 4.72 Å². The summed E-state index contributed by atoms with van der Waals surface area (Å²) in [6.45, 7) is 0.202. The van der Waals surface area contributed by atoms with E-state index in [4.69, 9.17) is 10.8 Å². The number of hydrogen-bond donors (Lipinski definition) is 3. The smallest absolute Gasteiger partial charge is 0.240 e. The third-order valence-electron chi connectivity index (χ3n) is 2.08. The zero-order valence-corrected chi connectivity index (χ0v) is 10.0. The van der Waals surface area contributed by atoms with Crippen molar-refractivity contribution in [3.63, 3.8) is 0 Å². The molecule has 0 heterocycles. The molecular weight excluding hydrogens is 247 g/mol. The van der Waals surface area contributed by atoms with Gasteiger partial charge in [0.15, 0.2) is 0 Å². The maximum absolute atomic E-state index is 13.0. The summed E-state index contributed by atoms with van der Waals surface area (Å²) < 4.78 is 38.7. The van der Waals surface area contributed by atoms with E-state index in [1.165, 1.54) is 6.07 Å². The lowest BCUT2D eigenvalue weighted by molar-refractivity contribution is 0.285. The molecule has 4 N–H and O–H groups in total. The molecule has 0 radical (unpaired) electrons. The first-order valence-electron chi connectivity index (χ1n) is 5.12. The molecule has 0 aromatic heterocycles. The molecule has 5 nitrogen and oxygen atoms in total. The van der Waals surface area contributed by atoms with Crippen molar-refractivity contribution in [3.8, 4) is 0 Å². The van der Waals surface area contributed by atoms with Gasteiger partial charge in [-0.25, -0.2) is 17.5 Å². The highest BCUT2D eigenvalue weighted by Crippen LogP contribution is 2.15. The normalized spacial score (nSPS) is 11.6. The van der Waals surface area contributed by atoms with Gasteiger partial charge in [-0.2, -0.15) is 0 Å². The topological polar surface area (TPSA) is 92.4 Å². The molecule has 0 atom stereocenters. The van der Waals surface area contributed by atoms with Gasteiger partial charge >= 0.3 is 0 Å². The third-order valence-corrected chi connectivity index (χ3v) is 3.52. The van der Waals surface area contributed by atoms with Gasteiger partial charge in [0.2, 0.25) is 10.0 Å². The minimum Gasteiger partial charge on any atom is -0.399 e. The molecule has 0 spiro atoms. The van der Waals surface area contributed by atoms with Gasteiger partial charge in [-0.05, 0) is 31.0 Å². The van der Waals surface area contributed by atoms with Crippen LogP contribution in [-0.2, 0) is 10.0 Å². The second kappa shape index (κ2) is 5.95. The molecular formula is C10H15FN2O3S. The van der Waals surface area contributed by atoms with Crippen LogP contribution in [0.1, 0.15) is 12.8 Å². The molecule has 0 bridgehead atoms. The Kier molecular flexibility index (Phi) is 4.86. The van der Waals surface area contributed by atoms with Crippen LogP contribution in [-0.4, -0.2) is 26.7 Å². The lowest BCUT2D eigenvalue weighted by Gasteiger charge is -2.07. The Hall–Kier alpha value is -1.18. The second-order valence-electron chi connectivity index (χ2n) is 3.55. The number of halogens is 1. The van der Waals surface area contributed by atoms with Crippen molar-refractivity contribution < 1.29 is 17.9 Å². The Morgan fingerprint density at radius 3 is 2.59 bits per heavy atom. The highest BCUT2D eigenvalue weighted by atomic mass is 32.2. The summed E-state index contributed by atoms with van der Waals surface area (Å²) in [6, 6.07) is 3.15. The Morgan fingerprint density at radius 2 is 2.00 bits per heavy atom. The summed E-state index contributed by atoms with van der Waals surface area (Å²) in [5, 5.41) is 8.54.